The van der Waals surface area contributed by atoms with Gasteiger partial charge in [-0.15, -0.1) is 11.3 Å². The van der Waals surface area contributed by atoms with E-state index in [1.807, 2.05) is 29.5 Å². The molecule has 11 rings (SSSR count). The summed E-state index contributed by atoms with van der Waals surface area (Å²) in [5.41, 5.74) is 12.4. The molecule has 0 N–H and O–H groups in total. The van der Waals surface area contributed by atoms with Crippen LogP contribution < -0.4 is 0 Å². The Morgan fingerprint density at radius 1 is 0.450 bits per heavy atom. The van der Waals surface area contributed by atoms with E-state index in [0.717, 1.165) is 34.3 Å². The smallest absolute Gasteiger partial charge is 0.164 e. The Kier molecular flexibility index (Phi) is 9.09. The van der Waals surface area contributed by atoms with Crippen LogP contribution in [0.3, 0.4) is 0 Å². The summed E-state index contributed by atoms with van der Waals surface area (Å²) in [6.45, 7) is 2.24. The van der Waals surface area contributed by atoms with Crippen molar-refractivity contribution in [1.82, 2.24) is 19.5 Å². The maximum Gasteiger partial charge on any atom is 0.164 e. The van der Waals surface area contributed by atoms with Crippen LogP contribution in [0.2, 0.25) is 0 Å². The fourth-order valence-electron chi connectivity index (χ4n) is 8.70. The molecule has 0 aliphatic rings. The highest BCUT2D eigenvalue weighted by Gasteiger charge is 2.20. The zero-order valence-electron chi connectivity index (χ0n) is 33.2. The van der Waals surface area contributed by atoms with Gasteiger partial charge in [-0.1, -0.05) is 177 Å². The Balaban J connectivity index is 1.06. The molecule has 0 unspecified atom stereocenters. The second-order valence-corrected chi connectivity index (χ2v) is 16.5. The summed E-state index contributed by atoms with van der Waals surface area (Å²) in [6, 6.07) is 67.3. The molecule has 11 aromatic rings. The average molecular weight is 789 g/mol. The zero-order chi connectivity index (χ0) is 40.0. The van der Waals surface area contributed by atoms with Crippen molar-refractivity contribution in [3.8, 4) is 62.1 Å². The average Bonchev–Trinajstić information content (AvgIpc) is 3.88. The van der Waals surface area contributed by atoms with E-state index in [9.17, 15) is 0 Å². The fraction of sp³-hybridized carbons (Fsp3) is 0.0727. The molecule has 5 heteroatoms. The van der Waals surface area contributed by atoms with Crippen molar-refractivity contribution >= 4 is 53.3 Å². The minimum Gasteiger partial charge on any atom is -0.309 e. The van der Waals surface area contributed by atoms with Gasteiger partial charge in [0.1, 0.15) is 0 Å². The number of unbranched alkanes of at least 4 members (excludes halogenated alkanes) is 1. The second kappa shape index (κ2) is 15.2. The largest absolute Gasteiger partial charge is 0.309 e. The number of fused-ring (bicyclic) bond motifs is 6. The highest BCUT2D eigenvalue weighted by molar-refractivity contribution is 7.26. The van der Waals surface area contributed by atoms with Gasteiger partial charge in [0.25, 0.3) is 0 Å². The zero-order valence-corrected chi connectivity index (χ0v) is 34.0. The van der Waals surface area contributed by atoms with Gasteiger partial charge in [0.15, 0.2) is 17.5 Å². The van der Waals surface area contributed by atoms with E-state index in [1.54, 1.807) is 0 Å². The van der Waals surface area contributed by atoms with E-state index >= 15 is 0 Å². The summed E-state index contributed by atoms with van der Waals surface area (Å²) >= 11 is 1.87. The lowest BCUT2D eigenvalue weighted by Gasteiger charge is -2.14. The number of hydrogen-bond acceptors (Lipinski definition) is 4. The van der Waals surface area contributed by atoms with E-state index in [-0.39, 0.29) is 0 Å². The third kappa shape index (κ3) is 6.35. The van der Waals surface area contributed by atoms with Crippen molar-refractivity contribution in [1.29, 1.82) is 0 Å². The quantitative estimate of drug-likeness (QED) is 0.146. The molecule has 0 atom stereocenters. The van der Waals surface area contributed by atoms with Gasteiger partial charge in [0.2, 0.25) is 0 Å². The number of hydrogen-bond donors (Lipinski definition) is 0. The normalized spacial score (nSPS) is 11.6. The molecule has 286 valence electrons. The maximum atomic E-state index is 5.19. The molecule has 60 heavy (non-hydrogen) atoms. The van der Waals surface area contributed by atoms with E-state index in [1.165, 1.54) is 77.1 Å². The molecule has 0 fully saturated rings. The lowest BCUT2D eigenvalue weighted by Crippen LogP contribution is -2.01. The second-order valence-electron chi connectivity index (χ2n) is 15.4. The molecule has 3 heterocycles. The van der Waals surface area contributed by atoms with Crippen LogP contribution in [0.4, 0.5) is 0 Å². The molecule has 0 aliphatic heterocycles. The first-order chi connectivity index (χ1) is 29.7. The Morgan fingerprint density at radius 2 is 1.05 bits per heavy atom. The summed E-state index contributed by atoms with van der Waals surface area (Å²) < 4.78 is 5.03. The van der Waals surface area contributed by atoms with Crippen LogP contribution in [0.1, 0.15) is 25.3 Å². The van der Waals surface area contributed by atoms with Crippen molar-refractivity contribution in [2.75, 3.05) is 0 Å². The van der Waals surface area contributed by atoms with Crippen molar-refractivity contribution in [2.24, 2.45) is 0 Å². The summed E-state index contributed by atoms with van der Waals surface area (Å²) in [5, 5.41) is 5.03. The van der Waals surface area contributed by atoms with Crippen LogP contribution in [-0.4, -0.2) is 19.5 Å². The van der Waals surface area contributed by atoms with E-state index in [4.69, 9.17) is 15.0 Å². The Labute approximate surface area is 353 Å². The van der Waals surface area contributed by atoms with Gasteiger partial charge in [0.05, 0.1) is 11.0 Å². The topological polar surface area (TPSA) is 43.6 Å². The van der Waals surface area contributed by atoms with Gasteiger partial charge in [-0.3, -0.25) is 0 Å². The van der Waals surface area contributed by atoms with Gasteiger partial charge in [-0.05, 0) is 53.8 Å². The predicted molar refractivity (Wildman–Crippen MR) is 253 cm³/mol. The van der Waals surface area contributed by atoms with Crippen molar-refractivity contribution in [3.05, 3.63) is 194 Å². The van der Waals surface area contributed by atoms with Gasteiger partial charge in [-0.25, -0.2) is 15.0 Å². The van der Waals surface area contributed by atoms with Crippen LogP contribution in [0.5, 0.6) is 0 Å². The van der Waals surface area contributed by atoms with Gasteiger partial charge in [-0.2, -0.15) is 0 Å². The number of aryl methyl sites for hydroxylation is 1. The molecule has 0 spiro atoms. The van der Waals surface area contributed by atoms with Gasteiger partial charge in [0, 0.05) is 64.4 Å². The SMILES string of the molecule is CCCCc1cccc(-c2ccc(-c3nc(-c4ccccc4)nc(-c4cccc(-n5c6ccccc6c6cccc(-c7cccc8c7sc7ccccc78)c65)c4)n3)cc2)c1. The molecule has 8 aromatic carbocycles. The third-order valence-corrected chi connectivity index (χ3v) is 12.9. The van der Waals surface area contributed by atoms with Crippen LogP contribution in [0.15, 0.2) is 188 Å². The minimum atomic E-state index is 0.629. The van der Waals surface area contributed by atoms with E-state index in [0.29, 0.717) is 17.5 Å². The van der Waals surface area contributed by atoms with Crippen LogP contribution in [0, 0.1) is 0 Å². The predicted octanol–water partition coefficient (Wildman–Crippen LogP) is 15.0. The summed E-state index contributed by atoms with van der Waals surface area (Å²) in [4.78, 5) is 15.4. The van der Waals surface area contributed by atoms with Crippen LogP contribution in [-0.2, 0) is 6.42 Å². The number of aromatic nitrogens is 4. The molecular formula is C55H40N4S. The Morgan fingerprint density at radius 3 is 1.87 bits per heavy atom. The molecule has 0 radical (unpaired) electrons. The highest BCUT2D eigenvalue weighted by atomic mass is 32.1. The first-order valence-corrected chi connectivity index (χ1v) is 21.6. The van der Waals surface area contributed by atoms with Crippen LogP contribution >= 0.6 is 11.3 Å². The molecule has 0 amide bonds. The van der Waals surface area contributed by atoms with Gasteiger partial charge >= 0.3 is 0 Å². The number of para-hydroxylation sites is 2. The first kappa shape index (κ1) is 35.9. The molecule has 4 nitrogen and oxygen atoms in total. The molecular weight excluding hydrogens is 749 g/mol. The van der Waals surface area contributed by atoms with Crippen molar-refractivity contribution in [3.63, 3.8) is 0 Å². The molecule has 0 bridgehead atoms. The highest BCUT2D eigenvalue weighted by Crippen LogP contribution is 2.44. The number of nitrogens with zero attached hydrogens (tertiary/aromatic N) is 4. The molecule has 3 aromatic heterocycles. The number of benzene rings is 8. The van der Waals surface area contributed by atoms with E-state index < -0.39 is 0 Å². The van der Waals surface area contributed by atoms with Crippen LogP contribution in [0.25, 0.3) is 104 Å². The first-order valence-electron chi connectivity index (χ1n) is 20.7. The third-order valence-electron chi connectivity index (χ3n) is 11.6. The summed E-state index contributed by atoms with van der Waals surface area (Å²) in [5.74, 6) is 1.91. The lowest BCUT2D eigenvalue weighted by molar-refractivity contribution is 0.795. The minimum absolute atomic E-state index is 0.629. The summed E-state index contributed by atoms with van der Waals surface area (Å²) in [6.07, 6.45) is 3.48. The fourth-order valence-corrected chi connectivity index (χ4v) is 9.93. The Bertz CT molecular complexity index is 3360. The molecule has 0 saturated carbocycles. The van der Waals surface area contributed by atoms with Gasteiger partial charge < -0.3 is 4.57 Å². The van der Waals surface area contributed by atoms with Crippen molar-refractivity contribution in [2.45, 2.75) is 26.2 Å². The lowest BCUT2D eigenvalue weighted by atomic mass is 9.99. The van der Waals surface area contributed by atoms with Crippen molar-refractivity contribution < 1.29 is 0 Å². The standard InChI is InChI=1S/C55H40N4S/c1-2-3-15-36-16-11-19-40(34-36)37-30-32-39(33-31-37)54-56-53(38-17-5-4-6-18-38)57-55(58-54)41-20-12-21-42(35-41)59-49-28-9-7-22-43(49)45-24-13-25-46(51(45)59)48-27-14-26-47-44-23-8-10-29-50(44)60-52(47)48/h4-14,16-35H,2-3,15H2,1H3. The monoisotopic (exact) mass is 788 g/mol. The summed E-state index contributed by atoms with van der Waals surface area (Å²) in [7, 11) is 0. The molecule has 0 aliphatic carbocycles. The number of rotatable bonds is 9. The van der Waals surface area contributed by atoms with E-state index in [2.05, 4.69) is 181 Å². The molecule has 0 saturated heterocycles. The maximum absolute atomic E-state index is 5.19. The Hall–Kier alpha value is -7.21. The number of thiophene rings is 1.